The van der Waals surface area contributed by atoms with Gasteiger partial charge in [0.15, 0.2) is 0 Å². The zero-order valence-corrected chi connectivity index (χ0v) is 12.6. The van der Waals surface area contributed by atoms with Crippen LogP contribution >= 0.6 is 0 Å². The van der Waals surface area contributed by atoms with Gasteiger partial charge in [-0.15, -0.1) is 0 Å². The summed E-state index contributed by atoms with van der Waals surface area (Å²) in [6.07, 6.45) is 3.13. The van der Waals surface area contributed by atoms with Crippen LogP contribution in [0.2, 0.25) is 0 Å². The van der Waals surface area contributed by atoms with Gasteiger partial charge in [0.05, 0.1) is 12.6 Å². The maximum Gasteiger partial charge on any atom is 0.309 e. The summed E-state index contributed by atoms with van der Waals surface area (Å²) in [5.74, 6) is -1.38. The Kier molecular flexibility index (Phi) is 5.55. The predicted octanol–water partition coefficient (Wildman–Crippen LogP) is 0.714. The van der Waals surface area contributed by atoms with Gasteiger partial charge in [0.1, 0.15) is 0 Å². The molecular weight excluding hydrogens is 282 g/mol. The molecule has 0 aliphatic rings. The van der Waals surface area contributed by atoms with E-state index in [0.717, 1.165) is 16.5 Å². The molecule has 0 aliphatic heterocycles. The minimum atomic E-state index is -0.708. The van der Waals surface area contributed by atoms with Crippen LogP contribution in [0.25, 0.3) is 10.9 Å². The number of para-hydroxylation sites is 1. The molecule has 118 valence electrons. The maximum absolute atomic E-state index is 11.7. The van der Waals surface area contributed by atoms with Gasteiger partial charge in [-0.1, -0.05) is 25.1 Å². The molecule has 1 aromatic heterocycles. The third-order valence-electron chi connectivity index (χ3n) is 3.61. The highest BCUT2D eigenvalue weighted by Gasteiger charge is 2.16. The third kappa shape index (κ3) is 3.85. The minimum Gasteiger partial charge on any atom is -0.394 e. The topological polar surface area (TPSA) is 94.2 Å². The summed E-state index contributed by atoms with van der Waals surface area (Å²) < 4.78 is 0. The summed E-state index contributed by atoms with van der Waals surface area (Å²) in [6.45, 7) is 2.03. The monoisotopic (exact) mass is 303 g/mol. The Labute approximate surface area is 128 Å². The molecule has 6 nitrogen and oxygen atoms in total. The first-order valence-corrected chi connectivity index (χ1v) is 7.40. The number of aliphatic hydroxyl groups is 1. The molecular formula is C16H21N3O3. The molecule has 0 bridgehead atoms. The van der Waals surface area contributed by atoms with Gasteiger partial charge in [0.25, 0.3) is 0 Å². The van der Waals surface area contributed by atoms with Gasteiger partial charge in [-0.3, -0.25) is 9.59 Å². The van der Waals surface area contributed by atoms with E-state index in [1.165, 1.54) is 0 Å². The number of rotatable bonds is 6. The third-order valence-corrected chi connectivity index (χ3v) is 3.61. The lowest BCUT2D eigenvalue weighted by Gasteiger charge is -2.13. The van der Waals surface area contributed by atoms with E-state index in [9.17, 15) is 9.59 Å². The molecule has 0 spiro atoms. The van der Waals surface area contributed by atoms with Crippen molar-refractivity contribution in [3.63, 3.8) is 0 Å². The van der Waals surface area contributed by atoms with Crippen LogP contribution in [0.5, 0.6) is 0 Å². The van der Waals surface area contributed by atoms with Crippen LogP contribution in [0.1, 0.15) is 18.9 Å². The van der Waals surface area contributed by atoms with Crippen LogP contribution < -0.4 is 10.6 Å². The molecule has 0 saturated heterocycles. The van der Waals surface area contributed by atoms with Crippen molar-refractivity contribution < 1.29 is 14.7 Å². The summed E-state index contributed by atoms with van der Waals surface area (Å²) in [4.78, 5) is 26.5. The van der Waals surface area contributed by atoms with Crippen LogP contribution in [0, 0.1) is 0 Å². The first-order valence-electron chi connectivity index (χ1n) is 7.40. The van der Waals surface area contributed by atoms with E-state index in [2.05, 4.69) is 15.6 Å². The second-order valence-corrected chi connectivity index (χ2v) is 5.13. The van der Waals surface area contributed by atoms with Gasteiger partial charge in [-0.2, -0.15) is 0 Å². The number of hydrogen-bond acceptors (Lipinski definition) is 3. The van der Waals surface area contributed by atoms with Gasteiger partial charge in [-0.05, 0) is 24.5 Å². The lowest BCUT2D eigenvalue weighted by atomic mass is 10.1. The molecule has 1 heterocycles. The molecule has 2 amide bonds. The van der Waals surface area contributed by atoms with E-state index in [-0.39, 0.29) is 12.6 Å². The number of nitrogens with one attached hydrogen (secondary N) is 3. The van der Waals surface area contributed by atoms with Gasteiger partial charge >= 0.3 is 11.8 Å². The Morgan fingerprint density at radius 2 is 2.05 bits per heavy atom. The first kappa shape index (κ1) is 16.0. The quantitative estimate of drug-likeness (QED) is 0.592. The summed E-state index contributed by atoms with van der Waals surface area (Å²) >= 11 is 0. The fraction of sp³-hybridized carbons (Fsp3) is 0.375. The van der Waals surface area contributed by atoms with Crippen LogP contribution in [0.15, 0.2) is 30.5 Å². The van der Waals surface area contributed by atoms with Crippen molar-refractivity contribution in [2.75, 3.05) is 13.2 Å². The van der Waals surface area contributed by atoms with Crippen molar-refractivity contribution >= 4 is 22.7 Å². The predicted molar refractivity (Wildman–Crippen MR) is 84.3 cm³/mol. The second-order valence-electron chi connectivity index (χ2n) is 5.13. The van der Waals surface area contributed by atoms with E-state index in [4.69, 9.17) is 5.11 Å². The molecule has 1 atom stereocenters. The fourth-order valence-electron chi connectivity index (χ4n) is 2.26. The van der Waals surface area contributed by atoms with Crippen LogP contribution in [-0.4, -0.2) is 41.1 Å². The standard InChI is InChI=1S/C16H21N3O3/c1-2-12(10-20)19-16(22)15(21)17-8-7-11-9-18-14-6-4-3-5-13(11)14/h3-6,9,12,18,20H,2,7-8,10H2,1H3,(H,17,21)(H,19,22)/t12-/m1/s1. The van der Waals surface area contributed by atoms with E-state index < -0.39 is 11.8 Å². The van der Waals surface area contributed by atoms with Crippen LogP contribution in [0.4, 0.5) is 0 Å². The van der Waals surface area contributed by atoms with Crippen molar-refractivity contribution in [3.8, 4) is 0 Å². The average Bonchev–Trinajstić information content (AvgIpc) is 2.95. The normalized spacial score (nSPS) is 12.1. The smallest absolute Gasteiger partial charge is 0.309 e. The SMILES string of the molecule is CC[C@H](CO)NC(=O)C(=O)NCCc1c[nH]c2ccccc12. The summed E-state index contributed by atoms with van der Waals surface area (Å²) in [5, 5.41) is 15.2. The summed E-state index contributed by atoms with van der Waals surface area (Å²) in [6, 6.07) is 7.55. The minimum absolute atomic E-state index is 0.176. The summed E-state index contributed by atoms with van der Waals surface area (Å²) in [5.41, 5.74) is 2.15. The molecule has 0 unspecified atom stereocenters. The van der Waals surface area contributed by atoms with Gasteiger partial charge in [0, 0.05) is 23.6 Å². The van der Waals surface area contributed by atoms with Gasteiger partial charge in [-0.25, -0.2) is 0 Å². The highest BCUT2D eigenvalue weighted by molar-refractivity contribution is 6.35. The molecule has 2 aromatic rings. The van der Waals surface area contributed by atoms with E-state index in [1.807, 2.05) is 37.4 Å². The molecule has 0 aliphatic carbocycles. The molecule has 0 fully saturated rings. The number of hydrogen-bond donors (Lipinski definition) is 4. The number of amides is 2. The Hall–Kier alpha value is -2.34. The Balaban J connectivity index is 1.83. The Bertz CT molecular complexity index is 647. The van der Waals surface area contributed by atoms with Crippen molar-refractivity contribution in [2.45, 2.75) is 25.8 Å². The largest absolute Gasteiger partial charge is 0.394 e. The van der Waals surface area contributed by atoms with Crippen molar-refractivity contribution in [3.05, 3.63) is 36.0 Å². The van der Waals surface area contributed by atoms with Crippen molar-refractivity contribution in [1.82, 2.24) is 15.6 Å². The average molecular weight is 303 g/mol. The van der Waals surface area contributed by atoms with Crippen molar-refractivity contribution in [1.29, 1.82) is 0 Å². The molecule has 2 rings (SSSR count). The lowest BCUT2D eigenvalue weighted by molar-refractivity contribution is -0.139. The molecule has 6 heteroatoms. The first-order chi connectivity index (χ1) is 10.7. The molecule has 4 N–H and O–H groups in total. The molecule has 0 saturated carbocycles. The van der Waals surface area contributed by atoms with Crippen molar-refractivity contribution in [2.24, 2.45) is 0 Å². The Morgan fingerprint density at radius 3 is 2.77 bits per heavy atom. The number of aromatic amines is 1. The van der Waals surface area contributed by atoms with Crippen LogP contribution in [0.3, 0.4) is 0 Å². The Morgan fingerprint density at radius 1 is 1.27 bits per heavy atom. The molecule has 0 radical (unpaired) electrons. The van der Waals surface area contributed by atoms with E-state index >= 15 is 0 Å². The number of aromatic nitrogens is 1. The lowest BCUT2D eigenvalue weighted by Crippen LogP contribution is -2.46. The van der Waals surface area contributed by atoms with Crippen LogP contribution in [-0.2, 0) is 16.0 Å². The van der Waals surface area contributed by atoms with Gasteiger partial charge < -0.3 is 20.7 Å². The molecule has 22 heavy (non-hydrogen) atoms. The number of aliphatic hydroxyl groups excluding tert-OH is 1. The number of benzene rings is 1. The fourth-order valence-corrected chi connectivity index (χ4v) is 2.26. The van der Waals surface area contributed by atoms with Gasteiger partial charge in [0.2, 0.25) is 0 Å². The summed E-state index contributed by atoms with van der Waals surface area (Å²) in [7, 11) is 0. The maximum atomic E-state index is 11.7. The zero-order valence-electron chi connectivity index (χ0n) is 12.6. The highest BCUT2D eigenvalue weighted by Crippen LogP contribution is 2.17. The van der Waals surface area contributed by atoms with E-state index in [0.29, 0.717) is 19.4 Å². The highest BCUT2D eigenvalue weighted by atomic mass is 16.3. The zero-order chi connectivity index (χ0) is 15.9. The number of carbonyl (C=O) groups excluding carboxylic acids is 2. The number of fused-ring (bicyclic) bond motifs is 1. The molecule has 1 aromatic carbocycles. The number of H-pyrrole nitrogens is 1. The number of carbonyl (C=O) groups is 2. The second kappa shape index (κ2) is 7.61. The van der Waals surface area contributed by atoms with E-state index in [1.54, 1.807) is 0 Å².